The summed E-state index contributed by atoms with van der Waals surface area (Å²) in [5.41, 5.74) is -2.12. The lowest BCUT2D eigenvalue weighted by atomic mass is 9.46. The van der Waals surface area contributed by atoms with Gasteiger partial charge in [0.1, 0.15) is 6.17 Å². The quantitative estimate of drug-likeness (QED) is 0.511. The van der Waals surface area contributed by atoms with Crippen LogP contribution in [0, 0.1) is 34.5 Å². The minimum atomic E-state index is -1.26. The minimum absolute atomic E-state index is 0.0222. The zero-order chi connectivity index (χ0) is 22.9. The highest BCUT2D eigenvalue weighted by Crippen LogP contribution is 2.69. The fourth-order valence-corrected chi connectivity index (χ4v) is 8.20. The molecule has 3 saturated carbocycles. The number of carbonyl (C=O) groups excluding carboxylic acids is 2. The molecule has 4 rings (SSSR count). The highest BCUT2D eigenvalue weighted by Gasteiger charge is 2.73. The van der Waals surface area contributed by atoms with Crippen LogP contribution >= 0.6 is 12.2 Å². The molecule has 0 aromatic carbocycles. The lowest BCUT2D eigenvalue weighted by Gasteiger charge is -2.60. The van der Waals surface area contributed by atoms with Crippen molar-refractivity contribution in [3.8, 4) is 0 Å². The molecule has 3 fully saturated rings. The van der Waals surface area contributed by atoms with Gasteiger partial charge < -0.3 is 14.6 Å². The Labute approximate surface area is 188 Å². The first-order chi connectivity index (χ1) is 14.4. The van der Waals surface area contributed by atoms with E-state index in [9.17, 15) is 14.7 Å². The van der Waals surface area contributed by atoms with Gasteiger partial charge in [0.15, 0.2) is 11.4 Å². The molecule has 0 unspecified atom stereocenters. The predicted octanol–water partition coefficient (Wildman–Crippen LogP) is 3.73. The Kier molecular flexibility index (Phi) is 5.25. The van der Waals surface area contributed by atoms with Gasteiger partial charge in [-0.1, -0.05) is 26.8 Å². The fraction of sp³-hybridized carbons (Fsp3) is 0.708. The molecule has 0 aliphatic heterocycles. The van der Waals surface area contributed by atoms with Gasteiger partial charge in [0.2, 0.25) is 5.05 Å². The highest BCUT2D eigenvalue weighted by molar-refractivity contribution is 7.80. The largest absolute Gasteiger partial charge is 0.487 e. The van der Waals surface area contributed by atoms with Crippen molar-refractivity contribution in [2.45, 2.75) is 64.8 Å². The molecule has 31 heavy (non-hydrogen) atoms. The van der Waals surface area contributed by atoms with E-state index in [4.69, 9.17) is 21.7 Å². The Hall–Kier alpha value is -1.60. The van der Waals surface area contributed by atoms with Crippen LogP contribution in [-0.4, -0.2) is 46.9 Å². The molecule has 0 saturated heterocycles. The van der Waals surface area contributed by atoms with Crippen molar-refractivity contribution in [1.82, 2.24) is 0 Å². The first-order valence-corrected chi connectivity index (χ1v) is 11.4. The summed E-state index contributed by atoms with van der Waals surface area (Å²) in [7, 11) is 1.47. The van der Waals surface area contributed by atoms with E-state index < -0.39 is 34.7 Å². The van der Waals surface area contributed by atoms with Crippen molar-refractivity contribution in [1.29, 1.82) is 0 Å². The van der Waals surface area contributed by atoms with Crippen LogP contribution in [-0.2, 0) is 19.1 Å². The maximum absolute atomic E-state index is 15.5. The van der Waals surface area contributed by atoms with Crippen molar-refractivity contribution in [2.24, 2.45) is 34.5 Å². The van der Waals surface area contributed by atoms with Crippen LogP contribution in [0.1, 0.15) is 47.0 Å². The number of ketones is 1. The lowest BCUT2D eigenvalue weighted by Crippen LogP contribution is -2.64. The lowest BCUT2D eigenvalue weighted by molar-refractivity contribution is -0.185. The Morgan fingerprint density at radius 3 is 2.61 bits per heavy atom. The fourth-order valence-electron chi connectivity index (χ4n) is 7.73. The number of alkyl halides is 1. The standard InChI is InChI=1S/C24H31FO5S/c1-12-8-16-15-10-18(25)17-9-14(27)6-7-22(17,3)20(15)19(28)11-23(16,4)24(12,21(31)29-5)30-13(2)26/h6-7,9,12,15-16,18-20,28H,8,10-11H2,1-5H3/t12-,15-,16-,18-,19-,20+,22-,23-,24-/m0/s1. The number of hydrogen-bond acceptors (Lipinski definition) is 6. The number of rotatable bonds is 2. The third-order valence-electron chi connectivity index (χ3n) is 8.81. The topological polar surface area (TPSA) is 72.8 Å². The molecule has 0 aromatic rings. The average Bonchev–Trinajstić information content (AvgIpc) is 2.90. The van der Waals surface area contributed by atoms with Gasteiger partial charge in [0.05, 0.1) is 13.2 Å². The number of thiocarbonyl (C=S) groups is 1. The number of methoxy groups -OCH3 is 1. The summed E-state index contributed by atoms with van der Waals surface area (Å²) in [6.07, 6.45) is 3.90. The maximum atomic E-state index is 15.5. The predicted molar refractivity (Wildman–Crippen MR) is 117 cm³/mol. The van der Waals surface area contributed by atoms with Crippen molar-refractivity contribution in [3.05, 3.63) is 23.8 Å². The van der Waals surface area contributed by atoms with Gasteiger partial charge >= 0.3 is 5.97 Å². The van der Waals surface area contributed by atoms with E-state index in [1.807, 2.05) is 20.8 Å². The number of hydrogen-bond donors (Lipinski definition) is 1. The molecule has 0 bridgehead atoms. The molecule has 0 amide bonds. The van der Waals surface area contributed by atoms with Crippen LogP contribution in [0.25, 0.3) is 0 Å². The van der Waals surface area contributed by atoms with Crippen molar-refractivity contribution >= 4 is 29.0 Å². The average molecular weight is 451 g/mol. The summed E-state index contributed by atoms with van der Waals surface area (Å²) in [5.74, 6) is -1.21. The normalized spacial score (nSPS) is 48.2. The van der Waals surface area contributed by atoms with Gasteiger partial charge in [-0.2, -0.15) is 0 Å². The van der Waals surface area contributed by atoms with Crippen LogP contribution < -0.4 is 0 Å². The summed E-state index contributed by atoms with van der Waals surface area (Å²) in [6, 6.07) is 0. The number of allylic oxidation sites excluding steroid dienone is 4. The van der Waals surface area contributed by atoms with Crippen molar-refractivity contribution in [3.63, 3.8) is 0 Å². The van der Waals surface area contributed by atoms with Crippen LogP contribution in [0.15, 0.2) is 23.8 Å². The van der Waals surface area contributed by atoms with E-state index in [0.717, 1.165) is 0 Å². The first-order valence-electron chi connectivity index (χ1n) is 11.0. The van der Waals surface area contributed by atoms with Gasteiger partial charge in [-0.3, -0.25) is 9.59 Å². The van der Waals surface area contributed by atoms with Gasteiger partial charge in [0, 0.05) is 29.6 Å². The summed E-state index contributed by atoms with van der Waals surface area (Å²) in [4.78, 5) is 24.1. The van der Waals surface area contributed by atoms with Crippen LogP contribution in [0.3, 0.4) is 0 Å². The Morgan fingerprint density at radius 1 is 1.32 bits per heavy atom. The smallest absolute Gasteiger partial charge is 0.303 e. The van der Waals surface area contributed by atoms with E-state index in [1.165, 1.54) is 26.2 Å². The maximum Gasteiger partial charge on any atom is 0.303 e. The Bertz CT molecular complexity index is 898. The molecule has 9 atom stereocenters. The van der Waals surface area contributed by atoms with E-state index in [-0.39, 0.29) is 40.9 Å². The Morgan fingerprint density at radius 2 is 2.00 bits per heavy atom. The molecule has 0 spiro atoms. The highest BCUT2D eigenvalue weighted by atomic mass is 32.1. The van der Waals surface area contributed by atoms with Gasteiger partial charge in [-0.25, -0.2) is 4.39 Å². The number of carbonyl (C=O) groups is 2. The summed E-state index contributed by atoms with van der Waals surface area (Å²) in [5, 5.41) is 11.7. The molecule has 170 valence electrons. The van der Waals surface area contributed by atoms with Gasteiger partial charge in [-0.05, 0) is 61.0 Å². The van der Waals surface area contributed by atoms with E-state index in [1.54, 1.807) is 6.08 Å². The summed E-state index contributed by atoms with van der Waals surface area (Å²) < 4.78 is 26.9. The van der Waals surface area contributed by atoms with Crippen LogP contribution in [0.4, 0.5) is 4.39 Å². The monoisotopic (exact) mass is 450 g/mol. The first kappa shape index (κ1) is 22.6. The number of halogens is 1. The van der Waals surface area contributed by atoms with E-state index in [0.29, 0.717) is 18.4 Å². The van der Waals surface area contributed by atoms with Crippen LogP contribution in [0.2, 0.25) is 0 Å². The molecule has 5 nitrogen and oxygen atoms in total. The minimum Gasteiger partial charge on any atom is -0.487 e. The summed E-state index contributed by atoms with van der Waals surface area (Å²) in [6.45, 7) is 7.26. The molecule has 4 aliphatic carbocycles. The second-order valence-electron chi connectivity index (χ2n) is 10.3. The number of fused-ring (bicyclic) bond motifs is 5. The molecular weight excluding hydrogens is 419 g/mol. The third-order valence-corrected chi connectivity index (χ3v) is 9.28. The SMILES string of the molecule is COC(=S)[C@@]1(OC(C)=O)[C@@H](C)C[C@H]2[C@@H]3C[C@H](F)C4=CC(=O)C=C[C@]4(C)[C@H]3[C@@H](O)C[C@@]21C. The summed E-state index contributed by atoms with van der Waals surface area (Å²) >= 11 is 5.59. The zero-order valence-corrected chi connectivity index (χ0v) is 19.5. The van der Waals surface area contributed by atoms with Gasteiger partial charge in [0.25, 0.3) is 0 Å². The molecule has 1 N–H and O–H groups in total. The van der Waals surface area contributed by atoms with E-state index >= 15 is 4.39 Å². The number of aliphatic hydroxyl groups excluding tert-OH is 1. The Balaban J connectivity index is 1.84. The zero-order valence-electron chi connectivity index (χ0n) is 18.7. The third kappa shape index (κ3) is 2.85. The molecule has 0 aromatic heterocycles. The second kappa shape index (κ2) is 7.20. The van der Waals surface area contributed by atoms with Crippen molar-refractivity contribution < 1.29 is 28.6 Å². The second-order valence-corrected chi connectivity index (χ2v) is 10.6. The van der Waals surface area contributed by atoms with Crippen LogP contribution in [0.5, 0.6) is 0 Å². The molecule has 0 radical (unpaired) electrons. The molecular formula is C24H31FO5S. The van der Waals surface area contributed by atoms with E-state index in [2.05, 4.69) is 0 Å². The number of aliphatic hydroxyl groups is 1. The molecule has 4 aliphatic rings. The van der Waals surface area contributed by atoms with Crippen molar-refractivity contribution in [2.75, 3.05) is 7.11 Å². The number of esters is 1. The van der Waals surface area contributed by atoms with Gasteiger partial charge in [-0.15, -0.1) is 0 Å². The molecule has 0 heterocycles. The molecule has 7 heteroatoms. The number of ether oxygens (including phenoxy) is 2.